The number of rotatable bonds is 20. The zero-order valence-electron chi connectivity index (χ0n) is 52.8. The number of unbranched alkanes of at least 4 members (excludes halogenated alkanes) is 9. The normalized spacial score (nSPS) is 16.0. The maximum absolute atomic E-state index is 10.4. The van der Waals surface area contributed by atoms with E-state index in [0.29, 0.717) is 56.5 Å². The maximum Gasteiger partial charge on any atom is 0.143 e. The van der Waals surface area contributed by atoms with Crippen molar-refractivity contribution in [2.75, 3.05) is 7.05 Å². The number of halogens is 1. The van der Waals surface area contributed by atoms with E-state index in [1.165, 1.54) is 127 Å². The molecule has 9 N–H and O–H groups in total. The molecule has 2 aliphatic carbocycles. The number of nitrogens with zero attached hydrogens (tertiary/aromatic N) is 5. The third-order valence-electron chi connectivity index (χ3n) is 16.5. The van der Waals surface area contributed by atoms with Crippen LogP contribution in [0.1, 0.15) is 217 Å². The molecule has 89 heavy (non-hydrogen) atoms. The first-order chi connectivity index (χ1) is 43.1. The van der Waals surface area contributed by atoms with E-state index in [2.05, 4.69) is 66.3 Å². The Morgan fingerprint density at radius 3 is 1.79 bits per heavy atom. The summed E-state index contributed by atoms with van der Waals surface area (Å²) in [5, 5.41) is 98.3. The summed E-state index contributed by atoms with van der Waals surface area (Å²) in [6, 6.07) is 40.9. The van der Waals surface area contributed by atoms with Crippen molar-refractivity contribution in [1.29, 1.82) is 0 Å². The molecule has 2 saturated carbocycles. The van der Waals surface area contributed by atoms with E-state index >= 15 is 0 Å². The van der Waals surface area contributed by atoms with Gasteiger partial charge in [-0.15, -0.1) is 0 Å². The second-order valence-electron chi connectivity index (χ2n) is 23.7. The largest absolute Gasteiger partial charge is 0.507 e. The zero-order valence-corrected chi connectivity index (χ0v) is 53.5. The molecular formula is C74H94ClN5O9. The minimum absolute atomic E-state index is 0.0462. The lowest BCUT2D eigenvalue weighted by molar-refractivity contribution is 0.265. The quantitative estimate of drug-likeness (QED) is 0.0152. The lowest BCUT2D eigenvalue weighted by atomic mass is 9.73. The third kappa shape index (κ3) is 22.9. The Kier molecular flexibility index (Phi) is 31.1. The molecule has 0 aromatic heterocycles. The van der Waals surface area contributed by atoms with Gasteiger partial charge in [-0.25, -0.2) is 0 Å². The van der Waals surface area contributed by atoms with Crippen molar-refractivity contribution >= 4 is 52.9 Å². The minimum atomic E-state index is -0.0462. The number of para-hydroxylation sites is 1. The van der Waals surface area contributed by atoms with Crippen molar-refractivity contribution in [3.8, 4) is 28.7 Å². The second-order valence-corrected chi connectivity index (χ2v) is 24.1. The molecule has 0 bridgehead atoms. The van der Waals surface area contributed by atoms with Gasteiger partial charge in [0.2, 0.25) is 0 Å². The Balaban J connectivity index is 0.000000210. The first kappa shape index (κ1) is 71.4. The molecule has 7 aromatic rings. The Hall–Kier alpha value is -8.36. The van der Waals surface area contributed by atoms with Gasteiger partial charge in [-0.1, -0.05) is 222 Å². The monoisotopic (exact) mass is 1230 g/mol. The molecule has 9 rings (SSSR count). The van der Waals surface area contributed by atoms with E-state index in [-0.39, 0.29) is 23.0 Å². The summed E-state index contributed by atoms with van der Waals surface area (Å²) in [5.41, 5.74) is 8.44. The molecule has 15 heteroatoms. The number of hydrogen-bond acceptors (Lipinski definition) is 14. The summed E-state index contributed by atoms with van der Waals surface area (Å²) < 4.78 is 0. The van der Waals surface area contributed by atoms with E-state index < -0.39 is 0 Å². The number of oxime groups is 4. The lowest BCUT2D eigenvalue weighted by Gasteiger charge is -2.32. The van der Waals surface area contributed by atoms with Crippen molar-refractivity contribution in [3.63, 3.8) is 0 Å². The molecule has 0 heterocycles. The van der Waals surface area contributed by atoms with Crippen molar-refractivity contribution in [3.05, 3.63) is 194 Å². The second kappa shape index (κ2) is 38.8. The van der Waals surface area contributed by atoms with Crippen LogP contribution in [0.4, 0.5) is 0 Å². The van der Waals surface area contributed by atoms with Gasteiger partial charge in [0.1, 0.15) is 34.5 Å². The molecule has 2 fully saturated rings. The fourth-order valence-corrected chi connectivity index (χ4v) is 12.1. The molecule has 0 aliphatic heterocycles. The number of aromatic hydroxyl groups is 5. The van der Waals surface area contributed by atoms with Gasteiger partial charge in [-0.3, -0.25) is 4.99 Å². The van der Waals surface area contributed by atoms with Gasteiger partial charge < -0.3 is 46.4 Å². The maximum atomic E-state index is 10.4. The summed E-state index contributed by atoms with van der Waals surface area (Å²) in [6.45, 7) is 11.0. The van der Waals surface area contributed by atoms with Crippen molar-refractivity contribution in [2.45, 2.75) is 168 Å². The molecule has 0 spiro atoms. The summed E-state index contributed by atoms with van der Waals surface area (Å²) in [6.07, 6.45) is 28.0. The Morgan fingerprint density at radius 2 is 1.17 bits per heavy atom. The van der Waals surface area contributed by atoms with Crippen LogP contribution >= 0.6 is 11.6 Å². The smallest absolute Gasteiger partial charge is 0.143 e. The minimum Gasteiger partial charge on any atom is -0.507 e. The van der Waals surface area contributed by atoms with Crippen LogP contribution < -0.4 is 0 Å². The van der Waals surface area contributed by atoms with Gasteiger partial charge >= 0.3 is 0 Å². The van der Waals surface area contributed by atoms with Gasteiger partial charge in [-0.05, 0) is 156 Å². The van der Waals surface area contributed by atoms with E-state index in [4.69, 9.17) is 27.2 Å². The summed E-state index contributed by atoms with van der Waals surface area (Å²) >= 11 is 6.25. The fourth-order valence-electron chi connectivity index (χ4n) is 11.8. The van der Waals surface area contributed by atoms with Crippen molar-refractivity contribution < 1.29 is 46.4 Å². The SMILES string of the molecule is CC(C)c1ccc(O)c(/C=N/O)c1.CCCCCCCCCCCCc1cc(Cl)c(O)c(/C(=N/O)c2ccccc2)c1.CN=Cc1cccc(C2CC(C)CC(C)C2)c1O.O/N=C/c1c(O)ccc2ccccc12.O/N=C/c1ccc(C2CCCC2)cc1O. The number of fused-ring (bicyclic) bond motifs is 1. The number of phenols is 5. The first-order valence-corrected chi connectivity index (χ1v) is 31.9. The van der Waals surface area contributed by atoms with Crippen LogP contribution in [0.25, 0.3) is 10.8 Å². The van der Waals surface area contributed by atoms with Crippen LogP contribution in [-0.2, 0) is 6.42 Å². The van der Waals surface area contributed by atoms with Gasteiger partial charge in [-0.2, -0.15) is 0 Å². The van der Waals surface area contributed by atoms with Crippen molar-refractivity contribution in [2.24, 2.45) is 37.5 Å². The molecule has 0 radical (unpaired) electrons. The number of benzene rings is 7. The van der Waals surface area contributed by atoms with Gasteiger partial charge in [0.15, 0.2) is 0 Å². The highest BCUT2D eigenvalue weighted by Crippen LogP contribution is 2.43. The van der Waals surface area contributed by atoms with Gasteiger partial charge in [0, 0.05) is 46.6 Å². The number of hydrogen-bond donors (Lipinski definition) is 9. The molecule has 0 saturated heterocycles. The summed E-state index contributed by atoms with van der Waals surface area (Å²) in [5.74, 6) is 3.80. The van der Waals surface area contributed by atoms with Gasteiger partial charge in [0.05, 0.1) is 23.7 Å². The molecule has 476 valence electrons. The predicted molar refractivity (Wildman–Crippen MR) is 364 cm³/mol. The van der Waals surface area contributed by atoms with Crippen LogP contribution in [-0.4, -0.2) is 84.0 Å². The first-order valence-electron chi connectivity index (χ1n) is 31.5. The van der Waals surface area contributed by atoms with Crippen LogP contribution in [0.3, 0.4) is 0 Å². The van der Waals surface area contributed by atoms with E-state index in [1.54, 1.807) is 43.6 Å². The molecular weight excluding hydrogens is 1140 g/mol. The van der Waals surface area contributed by atoms with Crippen molar-refractivity contribution in [1.82, 2.24) is 0 Å². The Labute approximate surface area is 532 Å². The van der Waals surface area contributed by atoms with E-state index in [9.17, 15) is 30.7 Å². The molecule has 7 aromatic carbocycles. The Bertz CT molecular complexity index is 3390. The predicted octanol–water partition coefficient (Wildman–Crippen LogP) is 19.3. The van der Waals surface area contributed by atoms with Gasteiger partial charge in [0.25, 0.3) is 0 Å². The molecule has 2 aliphatic rings. The lowest BCUT2D eigenvalue weighted by Crippen LogP contribution is -2.18. The van der Waals surface area contributed by atoms with Crippen LogP contribution in [0.2, 0.25) is 5.02 Å². The number of aryl methyl sites for hydroxylation is 1. The fraction of sp³-hybridized carbons (Fsp3) is 0.392. The number of phenolic OH excluding ortho intramolecular Hbond substituents is 5. The molecule has 0 amide bonds. The number of aliphatic imine (C=N–C) groups is 1. The van der Waals surface area contributed by atoms with Crippen LogP contribution in [0.15, 0.2) is 159 Å². The highest BCUT2D eigenvalue weighted by atomic mass is 35.5. The summed E-state index contributed by atoms with van der Waals surface area (Å²) in [7, 11) is 1.73. The van der Waals surface area contributed by atoms with E-state index in [1.807, 2.05) is 97.1 Å². The zero-order chi connectivity index (χ0) is 64.5. The average Bonchev–Trinajstić information content (AvgIpc) is 1.91. The molecule has 14 nitrogen and oxygen atoms in total. The highest BCUT2D eigenvalue weighted by molar-refractivity contribution is 6.33. The van der Waals surface area contributed by atoms with Crippen LogP contribution in [0.5, 0.6) is 28.7 Å². The summed E-state index contributed by atoms with van der Waals surface area (Å²) in [4.78, 5) is 4.00. The molecule has 2 unspecified atom stereocenters. The van der Waals surface area contributed by atoms with E-state index in [0.717, 1.165) is 63.3 Å². The average molecular weight is 1230 g/mol. The Morgan fingerprint density at radius 1 is 0.551 bits per heavy atom. The topological polar surface area (TPSA) is 244 Å². The molecule has 2 atom stereocenters. The third-order valence-corrected chi connectivity index (χ3v) is 16.7. The highest BCUT2D eigenvalue weighted by Gasteiger charge is 2.27. The standard InChI is InChI=1S/C25H34ClNO2.C16H23NO.C12H15NO2.C11H9NO2.C10H13NO2/c1-2-3-4-5-6-7-8-9-10-12-15-20-18-22(25(28)23(26)19-20)24(27-29)21-16-13-11-14-17-21;1-11-7-12(2)9-14(8-11)15-6-4-5-13(10-17-3)16(15)18;14-12-7-10(9-3-1-2-4-9)5-6-11(12)8-13-15;13-11-6-5-8-3-1-2-4-9(8)10(11)7-12-14;1-7(2)8-3-4-10(12)9(5-8)6-11-13/h11,13-14,16-19,28-29H,2-10,12,15H2,1H3;4-6,10-12,14,18H,7-9H2,1-3H3;5-9,14-15H,1-4H2;1-7,13-14H;3-7,12-13H,1-2H3/b27-24+;;13-8+;12-7+;11-6+. The van der Waals surface area contributed by atoms with Crippen LogP contribution in [0, 0.1) is 11.8 Å².